The van der Waals surface area contributed by atoms with Gasteiger partial charge in [-0.1, -0.05) is 63.4 Å². The van der Waals surface area contributed by atoms with E-state index in [4.69, 9.17) is 5.41 Å². The lowest BCUT2D eigenvalue weighted by Gasteiger charge is -2.27. The van der Waals surface area contributed by atoms with Gasteiger partial charge in [0.2, 0.25) is 0 Å². The number of carbonyl (C=O) groups is 1. The summed E-state index contributed by atoms with van der Waals surface area (Å²) >= 11 is 0. The predicted molar refractivity (Wildman–Crippen MR) is 213 cm³/mol. The topological polar surface area (TPSA) is 151 Å². The number of hydrogen-bond donors (Lipinski definition) is 5. The van der Waals surface area contributed by atoms with E-state index >= 15 is 0 Å². The molecule has 0 spiro atoms. The van der Waals surface area contributed by atoms with Crippen molar-refractivity contribution in [2.75, 3.05) is 31.5 Å². The third kappa shape index (κ3) is 9.93. The van der Waals surface area contributed by atoms with Gasteiger partial charge in [-0.25, -0.2) is 9.78 Å². The Hall–Kier alpha value is -6.20. The number of urea groups is 1. The average Bonchev–Trinajstić information content (AvgIpc) is 3.80. The maximum Gasteiger partial charge on any atom is 0.321 e. The molecule has 6 rings (SSSR count). The number of rotatable bonds is 9. The number of fused-ring (bicyclic) bond motifs is 2. The van der Waals surface area contributed by atoms with Crippen LogP contribution in [0.1, 0.15) is 33.3 Å². The van der Waals surface area contributed by atoms with Crippen molar-refractivity contribution in [2.45, 2.75) is 27.7 Å². The van der Waals surface area contributed by atoms with E-state index in [-0.39, 0.29) is 6.03 Å². The lowest BCUT2D eigenvalue weighted by molar-refractivity contribution is 0.204. The second-order valence-electron chi connectivity index (χ2n) is 11.2. The van der Waals surface area contributed by atoms with Crippen molar-refractivity contribution >= 4 is 45.6 Å². The highest BCUT2D eigenvalue weighted by Gasteiger charge is 2.18. The van der Waals surface area contributed by atoms with Crippen LogP contribution in [0.4, 0.5) is 10.5 Å². The standard InChI is InChI=1S/C29H27N9O.C9H13N.C2H6/c1-2-3-6-24(30)21-5-4-7-25-22(21)14-26(35-25)27-23-13-19(16-33-28(23)37-36-27)18-12-20(17-32-15-18)34-29(39)38-10-8-31-9-11-38;1-4-6-9(3)7-8-10-5-2;1-2/h2-7,12-17,30-31,35H,1,8-11H2,(H,34,39)(H,33,36,37);4-8H,2H2,1,3H3;1-2H3/b6-3-,30-24?;6-4+,9-7+,10-8?;. The molecule has 1 aromatic carbocycles. The van der Waals surface area contributed by atoms with E-state index in [1.165, 1.54) is 11.8 Å². The molecule has 5 aromatic rings. The fraction of sp³-hybridized carbons (Fsp3) is 0.200. The summed E-state index contributed by atoms with van der Waals surface area (Å²) in [5, 5.41) is 24.0. The lowest BCUT2D eigenvalue weighted by atomic mass is 10.0. The zero-order valence-electron chi connectivity index (χ0n) is 29.7. The summed E-state index contributed by atoms with van der Waals surface area (Å²) in [6, 6.07) is 11.7. The molecule has 0 aliphatic carbocycles. The van der Waals surface area contributed by atoms with E-state index in [0.717, 1.165) is 57.5 Å². The number of aromatic amines is 2. The number of piperazine rings is 1. The van der Waals surface area contributed by atoms with Crippen molar-refractivity contribution in [3.05, 3.63) is 122 Å². The quantitative estimate of drug-likeness (QED) is 0.0781. The summed E-state index contributed by atoms with van der Waals surface area (Å²) in [6.45, 7) is 18.1. The Kier molecular flexibility index (Phi) is 14.1. The van der Waals surface area contributed by atoms with Crippen LogP contribution in [-0.4, -0.2) is 74.2 Å². The Labute approximate surface area is 299 Å². The van der Waals surface area contributed by atoms with Crippen LogP contribution in [0.5, 0.6) is 0 Å². The van der Waals surface area contributed by atoms with E-state index in [2.05, 4.69) is 53.9 Å². The van der Waals surface area contributed by atoms with Crippen molar-refractivity contribution in [3.8, 4) is 22.5 Å². The first kappa shape index (κ1) is 37.6. The van der Waals surface area contributed by atoms with Gasteiger partial charge in [-0.15, -0.1) is 0 Å². The SMILES string of the molecule is C=C/C=C\C(=N)c1cccc2[nH]c(-c3[nH]nc4ncc(-c5cncc(NC(=O)N6CCNCC6)c5)cc34)cc12.C=CN=C/C=C(C)/C=C/C.CC. The van der Waals surface area contributed by atoms with Gasteiger partial charge in [-0.05, 0) is 55.8 Å². The first-order chi connectivity index (χ1) is 24.9. The number of nitrogens with zero attached hydrogens (tertiary/aromatic N) is 5. The molecule has 11 nitrogen and oxygen atoms in total. The molecule has 0 saturated carbocycles. The van der Waals surface area contributed by atoms with Crippen LogP contribution in [0.2, 0.25) is 0 Å². The van der Waals surface area contributed by atoms with Crippen molar-refractivity contribution in [2.24, 2.45) is 4.99 Å². The maximum atomic E-state index is 12.7. The minimum absolute atomic E-state index is 0.132. The Bertz CT molecular complexity index is 2090. The highest BCUT2D eigenvalue weighted by molar-refractivity contribution is 6.15. The normalized spacial score (nSPS) is 13.3. The molecule has 0 unspecified atom stereocenters. The number of H-pyrrole nitrogens is 2. The molecule has 0 radical (unpaired) electrons. The Morgan fingerprint density at radius 2 is 1.82 bits per heavy atom. The van der Waals surface area contributed by atoms with Gasteiger partial charge in [-0.3, -0.25) is 15.1 Å². The zero-order valence-corrected chi connectivity index (χ0v) is 29.7. The molecule has 1 aliphatic heterocycles. The van der Waals surface area contributed by atoms with Gasteiger partial charge in [-0.2, -0.15) is 5.10 Å². The second kappa shape index (κ2) is 19.1. The minimum Gasteiger partial charge on any atom is -0.353 e. The van der Waals surface area contributed by atoms with E-state index in [9.17, 15) is 4.79 Å². The summed E-state index contributed by atoms with van der Waals surface area (Å²) in [6.07, 6.45) is 19.5. The number of pyridine rings is 2. The first-order valence-electron chi connectivity index (χ1n) is 16.9. The molecule has 0 atom stereocenters. The van der Waals surface area contributed by atoms with Gasteiger partial charge in [0, 0.05) is 84.0 Å². The van der Waals surface area contributed by atoms with Crippen LogP contribution < -0.4 is 10.6 Å². The third-order valence-corrected chi connectivity index (χ3v) is 7.72. The van der Waals surface area contributed by atoms with Crippen LogP contribution in [0.15, 0.2) is 121 Å². The van der Waals surface area contributed by atoms with Crippen LogP contribution in [0.3, 0.4) is 0 Å². The highest BCUT2D eigenvalue weighted by atomic mass is 16.2. The average molecular weight is 683 g/mol. The maximum absolute atomic E-state index is 12.7. The van der Waals surface area contributed by atoms with Crippen LogP contribution in [-0.2, 0) is 0 Å². The number of hydrogen-bond acceptors (Lipinski definition) is 7. The summed E-state index contributed by atoms with van der Waals surface area (Å²) in [5.74, 6) is 0. The van der Waals surface area contributed by atoms with Crippen molar-refractivity contribution in [3.63, 3.8) is 0 Å². The predicted octanol–water partition coefficient (Wildman–Crippen LogP) is 8.46. The molecule has 5 N–H and O–H groups in total. The molecule has 262 valence electrons. The highest BCUT2D eigenvalue weighted by Crippen LogP contribution is 2.32. The van der Waals surface area contributed by atoms with E-state index in [1.54, 1.807) is 47.9 Å². The number of nitrogens with one attached hydrogen (secondary N) is 5. The number of allylic oxidation sites excluding steroid dienone is 7. The smallest absolute Gasteiger partial charge is 0.321 e. The number of benzene rings is 1. The molecule has 1 saturated heterocycles. The van der Waals surface area contributed by atoms with Gasteiger partial charge in [0.05, 0.1) is 29.0 Å². The van der Waals surface area contributed by atoms with E-state index < -0.39 is 0 Å². The van der Waals surface area contributed by atoms with Gasteiger partial charge < -0.3 is 25.9 Å². The number of aliphatic imine (C=N–C) groups is 1. The number of amides is 2. The fourth-order valence-electron chi connectivity index (χ4n) is 5.32. The molecule has 0 bridgehead atoms. The van der Waals surface area contributed by atoms with Gasteiger partial charge >= 0.3 is 6.03 Å². The van der Waals surface area contributed by atoms with Crippen LogP contribution in [0, 0.1) is 5.41 Å². The molecule has 5 heterocycles. The molecule has 51 heavy (non-hydrogen) atoms. The van der Waals surface area contributed by atoms with Crippen molar-refractivity contribution in [1.82, 2.24) is 35.4 Å². The minimum atomic E-state index is -0.132. The van der Waals surface area contributed by atoms with E-state index in [1.807, 2.05) is 82.3 Å². The fourth-order valence-corrected chi connectivity index (χ4v) is 5.32. The summed E-state index contributed by atoms with van der Waals surface area (Å²) in [4.78, 5) is 30.6. The number of aromatic nitrogens is 5. The van der Waals surface area contributed by atoms with Gasteiger partial charge in [0.15, 0.2) is 5.65 Å². The Morgan fingerprint density at radius 3 is 2.57 bits per heavy atom. The van der Waals surface area contributed by atoms with Crippen molar-refractivity contribution in [1.29, 1.82) is 5.41 Å². The molecular formula is C40H46N10O. The summed E-state index contributed by atoms with van der Waals surface area (Å²) in [7, 11) is 0. The first-order valence-corrected chi connectivity index (χ1v) is 16.9. The largest absolute Gasteiger partial charge is 0.353 e. The molecule has 11 heteroatoms. The number of carbonyl (C=O) groups excluding carboxylic acids is 1. The molecule has 4 aromatic heterocycles. The van der Waals surface area contributed by atoms with Gasteiger partial charge in [0.1, 0.15) is 0 Å². The summed E-state index contributed by atoms with van der Waals surface area (Å²) < 4.78 is 0. The zero-order chi connectivity index (χ0) is 36.6. The molecular weight excluding hydrogens is 637 g/mol. The molecule has 1 fully saturated rings. The van der Waals surface area contributed by atoms with Crippen LogP contribution >= 0.6 is 0 Å². The monoisotopic (exact) mass is 682 g/mol. The Balaban J connectivity index is 0.000000422. The number of anilines is 1. The lowest BCUT2D eigenvalue weighted by Crippen LogP contribution is -2.48. The van der Waals surface area contributed by atoms with Crippen LogP contribution in [0.25, 0.3) is 44.5 Å². The molecule has 1 aliphatic rings. The van der Waals surface area contributed by atoms with Crippen molar-refractivity contribution < 1.29 is 4.79 Å². The third-order valence-electron chi connectivity index (χ3n) is 7.72. The van der Waals surface area contributed by atoms with E-state index in [0.29, 0.717) is 30.1 Å². The summed E-state index contributed by atoms with van der Waals surface area (Å²) in [5.41, 5.74) is 7.87. The molecule has 2 amide bonds. The Morgan fingerprint density at radius 1 is 1.04 bits per heavy atom. The second-order valence-corrected chi connectivity index (χ2v) is 11.2. The van der Waals surface area contributed by atoms with Gasteiger partial charge in [0.25, 0.3) is 0 Å².